The second-order valence-corrected chi connectivity index (χ2v) is 6.82. The summed E-state index contributed by atoms with van der Waals surface area (Å²) >= 11 is 3.43. The van der Waals surface area contributed by atoms with E-state index in [9.17, 15) is 4.79 Å². The number of ether oxygens (including phenoxy) is 1. The fourth-order valence-corrected chi connectivity index (χ4v) is 3.21. The Kier molecular flexibility index (Phi) is 6.09. The Balaban J connectivity index is 2.08. The van der Waals surface area contributed by atoms with Crippen molar-refractivity contribution in [2.45, 2.75) is 45.6 Å². The first-order valence-corrected chi connectivity index (χ1v) is 8.58. The molecule has 1 fully saturated rings. The summed E-state index contributed by atoms with van der Waals surface area (Å²) in [6.07, 6.45) is 4.58. The molecule has 0 heterocycles. The van der Waals surface area contributed by atoms with Gasteiger partial charge in [0.25, 0.3) is 0 Å². The number of hydrogen-bond donors (Lipinski definition) is 1. The average molecular weight is 354 g/mol. The summed E-state index contributed by atoms with van der Waals surface area (Å²) in [4.78, 5) is 12.3. The molecule has 0 aliphatic heterocycles. The van der Waals surface area contributed by atoms with Gasteiger partial charge in [-0.25, -0.2) is 4.79 Å². The molecule has 1 unspecified atom stereocenters. The average Bonchev–Trinajstić information content (AvgIpc) is 2.48. The summed E-state index contributed by atoms with van der Waals surface area (Å²) in [7, 11) is 0. The second-order valence-electron chi connectivity index (χ2n) is 5.90. The maximum absolute atomic E-state index is 12.3. The van der Waals surface area contributed by atoms with Gasteiger partial charge in [-0.05, 0) is 55.9 Å². The van der Waals surface area contributed by atoms with Crippen LogP contribution in [0.3, 0.4) is 0 Å². The van der Waals surface area contributed by atoms with Gasteiger partial charge in [0, 0.05) is 10.2 Å². The lowest BCUT2D eigenvalue weighted by atomic mass is 9.79. The monoisotopic (exact) mass is 353 g/mol. The summed E-state index contributed by atoms with van der Waals surface area (Å²) < 4.78 is 6.30. The third-order valence-electron chi connectivity index (χ3n) is 4.24. The summed E-state index contributed by atoms with van der Waals surface area (Å²) in [6, 6.07) is 7.70. The van der Waals surface area contributed by atoms with Crippen LogP contribution in [0.1, 0.15) is 39.5 Å². The van der Waals surface area contributed by atoms with Crippen molar-refractivity contribution in [3.8, 4) is 0 Å². The zero-order valence-corrected chi connectivity index (χ0v) is 14.4. The van der Waals surface area contributed by atoms with Crippen molar-refractivity contribution in [3.63, 3.8) is 0 Å². The van der Waals surface area contributed by atoms with E-state index in [0.29, 0.717) is 12.5 Å². The minimum atomic E-state index is -0.237. The van der Waals surface area contributed by atoms with Gasteiger partial charge >= 0.3 is 5.97 Å². The number of carbonyl (C=O) groups excluding carboxylic acids is 1. The number of anilines is 1. The highest BCUT2D eigenvalue weighted by Crippen LogP contribution is 2.32. The highest BCUT2D eigenvalue weighted by molar-refractivity contribution is 9.10. The summed E-state index contributed by atoms with van der Waals surface area (Å²) in [5.41, 5.74) is 0.967. The molecule has 0 spiro atoms. The number of benzene rings is 1. The minimum absolute atomic E-state index is 0.125. The van der Waals surface area contributed by atoms with Gasteiger partial charge in [-0.1, -0.05) is 35.7 Å². The van der Waals surface area contributed by atoms with Gasteiger partial charge in [-0.3, -0.25) is 0 Å². The van der Waals surface area contributed by atoms with Crippen molar-refractivity contribution >= 4 is 27.6 Å². The van der Waals surface area contributed by atoms with E-state index in [2.05, 4.69) is 28.2 Å². The SMILES string of the molecule is CCOC(=O)C(Nc1ccc(Br)cc1)C1CCC(C)CC1. The van der Waals surface area contributed by atoms with Crippen molar-refractivity contribution in [1.29, 1.82) is 0 Å². The fourth-order valence-electron chi connectivity index (χ4n) is 2.95. The van der Waals surface area contributed by atoms with E-state index in [1.165, 1.54) is 12.8 Å². The van der Waals surface area contributed by atoms with E-state index in [-0.39, 0.29) is 12.0 Å². The Morgan fingerprint density at radius 2 is 1.90 bits per heavy atom. The van der Waals surface area contributed by atoms with Gasteiger partial charge in [0.05, 0.1) is 6.61 Å². The second kappa shape index (κ2) is 7.83. The summed E-state index contributed by atoms with van der Waals surface area (Å²) in [5.74, 6) is 1.01. The highest BCUT2D eigenvalue weighted by atomic mass is 79.9. The van der Waals surface area contributed by atoms with Crippen LogP contribution < -0.4 is 5.32 Å². The number of rotatable bonds is 5. The first-order chi connectivity index (χ1) is 10.1. The number of esters is 1. The maximum atomic E-state index is 12.3. The summed E-state index contributed by atoms with van der Waals surface area (Å²) in [5, 5.41) is 3.38. The lowest BCUT2D eigenvalue weighted by Crippen LogP contribution is -2.40. The Labute approximate surface area is 135 Å². The van der Waals surface area contributed by atoms with Crippen molar-refractivity contribution in [2.75, 3.05) is 11.9 Å². The molecule has 1 N–H and O–H groups in total. The molecule has 116 valence electrons. The number of nitrogens with one attached hydrogen (secondary N) is 1. The maximum Gasteiger partial charge on any atom is 0.328 e. The van der Waals surface area contributed by atoms with E-state index >= 15 is 0 Å². The Hall–Kier alpha value is -1.03. The van der Waals surface area contributed by atoms with Crippen molar-refractivity contribution in [2.24, 2.45) is 11.8 Å². The van der Waals surface area contributed by atoms with Crippen LogP contribution in [-0.4, -0.2) is 18.6 Å². The van der Waals surface area contributed by atoms with Crippen LogP contribution in [-0.2, 0) is 9.53 Å². The topological polar surface area (TPSA) is 38.3 Å². The highest BCUT2D eigenvalue weighted by Gasteiger charge is 2.32. The zero-order chi connectivity index (χ0) is 15.2. The van der Waals surface area contributed by atoms with E-state index in [0.717, 1.165) is 28.9 Å². The molecule has 2 rings (SSSR count). The third-order valence-corrected chi connectivity index (χ3v) is 4.77. The van der Waals surface area contributed by atoms with Gasteiger partial charge in [0.15, 0.2) is 0 Å². The Bertz CT molecular complexity index is 452. The molecule has 1 aliphatic rings. The first kappa shape index (κ1) is 16.3. The molecular weight excluding hydrogens is 330 g/mol. The molecular formula is C17H24BrNO2. The van der Waals surface area contributed by atoms with Gasteiger partial charge in [0.1, 0.15) is 6.04 Å². The molecule has 0 aromatic heterocycles. The largest absolute Gasteiger partial charge is 0.464 e. The lowest BCUT2D eigenvalue weighted by Gasteiger charge is -2.32. The van der Waals surface area contributed by atoms with Crippen LogP contribution in [0.25, 0.3) is 0 Å². The van der Waals surface area contributed by atoms with Crippen LogP contribution in [0.15, 0.2) is 28.7 Å². The van der Waals surface area contributed by atoms with Crippen LogP contribution in [0.2, 0.25) is 0 Å². The van der Waals surface area contributed by atoms with Crippen molar-refractivity contribution in [1.82, 2.24) is 0 Å². The van der Waals surface area contributed by atoms with Crippen LogP contribution in [0.4, 0.5) is 5.69 Å². The Morgan fingerprint density at radius 1 is 1.29 bits per heavy atom. The Morgan fingerprint density at radius 3 is 2.48 bits per heavy atom. The lowest BCUT2D eigenvalue weighted by molar-refractivity contribution is -0.145. The molecule has 0 radical (unpaired) electrons. The fraction of sp³-hybridized carbons (Fsp3) is 0.588. The molecule has 1 aliphatic carbocycles. The molecule has 21 heavy (non-hydrogen) atoms. The minimum Gasteiger partial charge on any atom is -0.464 e. The molecule has 1 saturated carbocycles. The molecule has 1 aromatic carbocycles. The van der Waals surface area contributed by atoms with Crippen LogP contribution in [0, 0.1) is 11.8 Å². The van der Waals surface area contributed by atoms with Gasteiger partial charge < -0.3 is 10.1 Å². The van der Waals surface area contributed by atoms with E-state index in [4.69, 9.17) is 4.74 Å². The first-order valence-electron chi connectivity index (χ1n) is 7.79. The van der Waals surface area contributed by atoms with Gasteiger partial charge in [-0.15, -0.1) is 0 Å². The predicted molar refractivity (Wildman–Crippen MR) is 89.3 cm³/mol. The smallest absolute Gasteiger partial charge is 0.328 e. The van der Waals surface area contributed by atoms with E-state index < -0.39 is 0 Å². The van der Waals surface area contributed by atoms with Gasteiger partial charge in [-0.2, -0.15) is 0 Å². The molecule has 1 aromatic rings. The summed E-state index contributed by atoms with van der Waals surface area (Å²) in [6.45, 7) is 4.58. The molecule has 0 saturated heterocycles. The van der Waals surface area contributed by atoms with E-state index in [1.807, 2.05) is 31.2 Å². The molecule has 3 nitrogen and oxygen atoms in total. The van der Waals surface area contributed by atoms with Crippen molar-refractivity contribution < 1.29 is 9.53 Å². The van der Waals surface area contributed by atoms with E-state index in [1.54, 1.807) is 0 Å². The normalized spacial score (nSPS) is 23.4. The number of carbonyl (C=O) groups is 1. The quantitative estimate of drug-likeness (QED) is 0.784. The van der Waals surface area contributed by atoms with Crippen LogP contribution in [0.5, 0.6) is 0 Å². The third kappa shape index (κ3) is 4.73. The van der Waals surface area contributed by atoms with Gasteiger partial charge in [0.2, 0.25) is 0 Å². The zero-order valence-electron chi connectivity index (χ0n) is 12.8. The molecule has 0 bridgehead atoms. The predicted octanol–water partition coefficient (Wildman–Crippen LogP) is 4.62. The molecule has 4 heteroatoms. The molecule has 1 atom stereocenters. The molecule has 0 amide bonds. The van der Waals surface area contributed by atoms with Crippen molar-refractivity contribution in [3.05, 3.63) is 28.7 Å². The number of hydrogen-bond acceptors (Lipinski definition) is 3. The number of halogens is 1. The van der Waals surface area contributed by atoms with Crippen LogP contribution >= 0.6 is 15.9 Å². The standard InChI is InChI=1S/C17H24BrNO2/c1-3-21-17(20)16(13-6-4-12(2)5-7-13)19-15-10-8-14(18)9-11-15/h8-13,16,19H,3-7H2,1-2H3.